The maximum atomic E-state index is 13.0. The SMILES string of the molecule is O=C(CCCN1C(=O)c2cccc3cccc(c23)C1=O)N1CCC(c2nnc3ccccn23)CC1. The van der Waals surface area contributed by atoms with Crippen LogP contribution in [0.4, 0.5) is 0 Å². The zero-order chi connectivity index (χ0) is 23.9. The average Bonchev–Trinajstić information content (AvgIpc) is 3.33. The number of carbonyl (C=O) groups is 3. The first-order valence-corrected chi connectivity index (χ1v) is 12.1. The summed E-state index contributed by atoms with van der Waals surface area (Å²) in [6, 6.07) is 16.9. The number of piperidine rings is 1. The van der Waals surface area contributed by atoms with Gasteiger partial charge < -0.3 is 4.90 Å². The van der Waals surface area contributed by atoms with Crippen LogP contribution in [0.2, 0.25) is 0 Å². The van der Waals surface area contributed by atoms with Crippen molar-refractivity contribution < 1.29 is 14.4 Å². The standard InChI is InChI=1S/C27H25N5O3/c33-23(30-16-12-19(13-17-30)25-29-28-22-10-1-2-14-31(22)25)11-5-15-32-26(34)20-8-3-6-18-7-4-9-21(24(18)20)27(32)35/h1-4,6-10,14,19H,5,11-13,15-17H2. The predicted octanol–water partition coefficient (Wildman–Crippen LogP) is 3.66. The highest BCUT2D eigenvalue weighted by atomic mass is 16.2. The van der Waals surface area contributed by atoms with E-state index in [1.54, 1.807) is 12.1 Å². The number of nitrogens with zero attached hydrogens (tertiary/aromatic N) is 5. The summed E-state index contributed by atoms with van der Waals surface area (Å²) in [7, 11) is 0. The van der Waals surface area contributed by atoms with E-state index in [-0.39, 0.29) is 30.2 Å². The summed E-state index contributed by atoms with van der Waals surface area (Å²) in [5.74, 6) is 0.711. The van der Waals surface area contributed by atoms with Crippen LogP contribution in [0, 0.1) is 0 Å². The smallest absolute Gasteiger partial charge is 0.261 e. The first kappa shape index (κ1) is 21.5. The Kier molecular flexibility index (Phi) is 5.28. The third kappa shape index (κ3) is 3.65. The third-order valence-electron chi connectivity index (χ3n) is 7.18. The fraction of sp³-hybridized carbons (Fsp3) is 0.296. The molecule has 0 atom stereocenters. The number of hydrogen-bond acceptors (Lipinski definition) is 5. The van der Waals surface area contributed by atoms with E-state index in [1.165, 1.54) is 4.90 Å². The molecule has 8 nitrogen and oxygen atoms in total. The molecule has 2 aliphatic rings. The third-order valence-corrected chi connectivity index (χ3v) is 7.18. The number of amides is 3. The van der Waals surface area contributed by atoms with Crippen molar-refractivity contribution in [1.29, 1.82) is 0 Å². The van der Waals surface area contributed by atoms with Gasteiger partial charge >= 0.3 is 0 Å². The van der Waals surface area contributed by atoms with Gasteiger partial charge in [0.05, 0.1) is 0 Å². The zero-order valence-corrected chi connectivity index (χ0v) is 19.3. The van der Waals surface area contributed by atoms with Crippen LogP contribution in [0.5, 0.6) is 0 Å². The topological polar surface area (TPSA) is 87.9 Å². The first-order chi connectivity index (χ1) is 17.1. The number of fused-ring (bicyclic) bond motifs is 1. The quantitative estimate of drug-likeness (QED) is 0.418. The lowest BCUT2D eigenvalue weighted by Crippen LogP contribution is -2.42. The largest absolute Gasteiger partial charge is 0.343 e. The number of rotatable bonds is 5. The van der Waals surface area contributed by atoms with Gasteiger partial charge in [-0.05, 0) is 48.9 Å². The van der Waals surface area contributed by atoms with Crippen molar-refractivity contribution in [3.05, 3.63) is 77.7 Å². The van der Waals surface area contributed by atoms with Crippen LogP contribution in [0.15, 0.2) is 60.8 Å². The Labute approximate surface area is 202 Å². The molecule has 0 radical (unpaired) electrons. The van der Waals surface area contributed by atoms with E-state index in [2.05, 4.69) is 10.2 Å². The highest BCUT2D eigenvalue weighted by molar-refractivity contribution is 6.25. The molecular formula is C27H25N5O3. The van der Waals surface area contributed by atoms with Crippen LogP contribution in [-0.2, 0) is 4.79 Å². The lowest BCUT2D eigenvalue weighted by Gasteiger charge is -2.32. The van der Waals surface area contributed by atoms with Gasteiger partial charge in [0.2, 0.25) is 5.91 Å². The minimum absolute atomic E-state index is 0.0639. The highest BCUT2D eigenvalue weighted by Gasteiger charge is 2.33. The van der Waals surface area contributed by atoms with Crippen molar-refractivity contribution in [2.24, 2.45) is 0 Å². The number of carbonyl (C=O) groups excluding carboxylic acids is 3. The molecule has 2 aromatic heterocycles. The minimum Gasteiger partial charge on any atom is -0.343 e. The summed E-state index contributed by atoms with van der Waals surface area (Å²) in [5, 5.41) is 10.2. The second-order valence-electron chi connectivity index (χ2n) is 9.22. The lowest BCUT2D eigenvalue weighted by molar-refractivity contribution is -0.132. The maximum absolute atomic E-state index is 13.0. The number of pyridine rings is 1. The van der Waals surface area contributed by atoms with Gasteiger partial charge in [0, 0.05) is 54.7 Å². The number of benzene rings is 2. The molecule has 1 fully saturated rings. The van der Waals surface area contributed by atoms with E-state index in [4.69, 9.17) is 0 Å². The molecular weight excluding hydrogens is 442 g/mol. The molecule has 0 unspecified atom stereocenters. The fourth-order valence-electron chi connectivity index (χ4n) is 5.36. The first-order valence-electron chi connectivity index (χ1n) is 12.1. The van der Waals surface area contributed by atoms with Gasteiger partial charge in [-0.3, -0.25) is 23.7 Å². The second kappa shape index (κ2) is 8.61. The van der Waals surface area contributed by atoms with Crippen LogP contribution in [0.25, 0.3) is 16.4 Å². The Bertz CT molecular complexity index is 1420. The molecule has 0 aliphatic carbocycles. The van der Waals surface area contributed by atoms with Gasteiger partial charge in [0.25, 0.3) is 11.8 Å². The zero-order valence-electron chi connectivity index (χ0n) is 19.3. The molecule has 0 saturated carbocycles. The average molecular weight is 468 g/mol. The van der Waals surface area contributed by atoms with E-state index in [0.717, 1.165) is 35.1 Å². The normalized spacial score (nSPS) is 16.5. The van der Waals surface area contributed by atoms with Crippen LogP contribution >= 0.6 is 0 Å². The monoisotopic (exact) mass is 467 g/mol. The van der Waals surface area contributed by atoms with E-state index in [9.17, 15) is 14.4 Å². The van der Waals surface area contributed by atoms with Gasteiger partial charge in [-0.1, -0.05) is 30.3 Å². The molecule has 3 amide bonds. The summed E-state index contributed by atoms with van der Waals surface area (Å²) in [4.78, 5) is 42.1. The van der Waals surface area contributed by atoms with Gasteiger partial charge in [-0.25, -0.2) is 0 Å². The summed E-state index contributed by atoms with van der Waals surface area (Å²) in [6.45, 7) is 1.57. The summed E-state index contributed by atoms with van der Waals surface area (Å²) >= 11 is 0. The molecule has 0 spiro atoms. The summed E-state index contributed by atoms with van der Waals surface area (Å²) in [6.07, 6.45) is 4.41. The molecule has 1 saturated heterocycles. The predicted molar refractivity (Wildman–Crippen MR) is 130 cm³/mol. The van der Waals surface area contributed by atoms with Crippen molar-refractivity contribution in [1.82, 2.24) is 24.4 Å². The van der Waals surface area contributed by atoms with E-state index in [0.29, 0.717) is 37.1 Å². The van der Waals surface area contributed by atoms with Crippen molar-refractivity contribution in [3.63, 3.8) is 0 Å². The van der Waals surface area contributed by atoms with Crippen LogP contribution < -0.4 is 0 Å². The number of aromatic nitrogens is 3. The van der Waals surface area contributed by atoms with Crippen molar-refractivity contribution in [3.8, 4) is 0 Å². The minimum atomic E-state index is -0.284. The number of likely N-dealkylation sites (tertiary alicyclic amines) is 1. The lowest BCUT2D eigenvalue weighted by atomic mass is 9.94. The number of hydrogen-bond donors (Lipinski definition) is 0. The van der Waals surface area contributed by atoms with E-state index >= 15 is 0 Å². The Morgan fingerprint density at radius 1 is 0.886 bits per heavy atom. The van der Waals surface area contributed by atoms with Crippen LogP contribution in [0.1, 0.15) is 58.1 Å². The van der Waals surface area contributed by atoms with Crippen molar-refractivity contribution >= 4 is 34.1 Å². The molecule has 2 aromatic carbocycles. The van der Waals surface area contributed by atoms with E-state index < -0.39 is 0 Å². The molecule has 0 N–H and O–H groups in total. The van der Waals surface area contributed by atoms with Crippen LogP contribution in [0.3, 0.4) is 0 Å². The summed E-state index contributed by atoms with van der Waals surface area (Å²) < 4.78 is 2.02. The Balaban J connectivity index is 1.06. The highest BCUT2D eigenvalue weighted by Crippen LogP contribution is 2.30. The molecule has 8 heteroatoms. The molecule has 35 heavy (non-hydrogen) atoms. The van der Waals surface area contributed by atoms with Gasteiger partial charge in [0.15, 0.2) is 5.65 Å². The van der Waals surface area contributed by atoms with Gasteiger partial charge in [-0.2, -0.15) is 0 Å². The second-order valence-corrected chi connectivity index (χ2v) is 9.22. The molecule has 4 heterocycles. The molecule has 0 bridgehead atoms. The van der Waals surface area contributed by atoms with E-state index in [1.807, 2.05) is 58.0 Å². The van der Waals surface area contributed by atoms with Crippen molar-refractivity contribution in [2.75, 3.05) is 19.6 Å². The molecule has 176 valence electrons. The Morgan fingerprint density at radius 3 is 2.31 bits per heavy atom. The van der Waals surface area contributed by atoms with Crippen molar-refractivity contribution in [2.45, 2.75) is 31.6 Å². The van der Waals surface area contributed by atoms with Gasteiger partial charge in [0.1, 0.15) is 5.82 Å². The Morgan fingerprint density at radius 2 is 1.60 bits per heavy atom. The molecule has 4 aromatic rings. The van der Waals surface area contributed by atoms with Gasteiger partial charge in [-0.15, -0.1) is 10.2 Å². The molecule has 6 rings (SSSR count). The number of imide groups is 1. The fourth-order valence-corrected chi connectivity index (χ4v) is 5.36. The molecule has 2 aliphatic heterocycles. The van der Waals surface area contributed by atoms with Crippen LogP contribution in [-0.4, -0.2) is 61.8 Å². The summed E-state index contributed by atoms with van der Waals surface area (Å²) in [5.41, 5.74) is 1.93. The maximum Gasteiger partial charge on any atom is 0.261 e. The Hall–Kier alpha value is -4.07.